The molecule has 90 valence electrons. The number of nitriles is 1. The molecule has 3 nitrogen and oxygen atoms in total. The SMILES string of the molecule is CC(NCC1(C)COC1)c1ccc(C#N)cc1. The Labute approximate surface area is 102 Å². The van der Waals surface area contributed by atoms with Crippen LogP contribution in [0.2, 0.25) is 0 Å². The Balaban J connectivity index is 1.90. The molecule has 0 amide bonds. The van der Waals surface area contributed by atoms with Crippen LogP contribution in [0.25, 0.3) is 0 Å². The van der Waals surface area contributed by atoms with Gasteiger partial charge in [0.1, 0.15) is 0 Å². The van der Waals surface area contributed by atoms with Gasteiger partial charge in [-0.3, -0.25) is 0 Å². The minimum Gasteiger partial charge on any atom is -0.380 e. The standard InChI is InChI=1S/C14H18N2O/c1-11(16-8-14(2)9-17-10-14)13-5-3-12(7-15)4-6-13/h3-6,11,16H,8-10H2,1-2H3. The topological polar surface area (TPSA) is 45.0 Å². The Morgan fingerprint density at radius 2 is 2.06 bits per heavy atom. The monoisotopic (exact) mass is 230 g/mol. The van der Waals surface area contributed by atoms with E-state index in [4.69, 9.17) is 10.00 Å². The lowest BCUT2D eigenvalue weighted by molar-refractivity contribution is -0.0999. The van der Waals surface area contributed by atoms with Crippen LogP contribution < -0.4 is 5.32 Å². The van der Waals surface area contributed by atoms with Crippen LogP contribution in [-0.4, -0.2) is 19.8 Å². The van der Waals surface area contributed by atoms with E-state index in [0.29, 0.717) is 17.0 Å². The number of hydrogen-bond donors (Lipinski definition) is 1. The Hall–Kier alpha value is -1.37. The van der Waals surface area contributed by atoms with Crippen molar-refractivity contribution in [1.29, 1.82) is 5.26 Å². The van der Waals surface area contributed by atoms with Gasteiger partial charge in [0.25, 0.3) is 0 Å². The van der Waals surface area contributed by atoms with Gasteiger partial charge in [0.2, 0.25) is 0 Å². The average molecular weight is 230 g/mol. The third kappa shape index (κ3) is 2.85. The predicted molar refractivity (Wildman–Crippen MR) is 66.5 cm³/mol. The predicted octanol–water partition coefficient (Wildman–Crippen LogP) is 2.25. The molecule has 1 aliphatic rings. The van der Waals surface area contributed by atoms with Crippen molar-refractivity contribution < 1.29 is 4.74 Å². The van der Waals surface area contributed by atoms with Gasteiger partial charge < -0.3 is 10.1 Å². The highest BCUT2D eigenvalue weighted by atomic mass is 16.5. The Bertz CT molecular complexity index is 415. The van der Waals surface area contributed by atoms with Crippen molar-refractivity contribution >= 4 is 0 Å². The van der Waals surface area contributed by atoms with E-state index in [9.17, 15) is 0 Å². The van der Waals surface area contributed by atoms with E-state index in [1.165, 1.54) is 5.56 Å². The number of nitrogens with one attached hydrogen (secondary N) is 1. The Morgan fingerprint density at radius 3 is 2.53 bits per heavy atom. The fraction of sp³-hybridized carbons (Fsp3) is 0.500. The summed E-state index contributed by atoms with van der Waals surface area (Å²) in [6.07, 6.45) is 0. The van der Waals surface area contributed by atoms with Crippen molar-refractivity contribution in [3.8, 4) is 6.07 Å². The smallest absolute Gasteiger partial charge is 0.0991 e. The fourth-order valence-corrected chi connectivity index (χ4v) is 1.92. The van der Waals surface area contributed by atoms with Crippen LogP contribution >= 0.6 is 0 Å². The molecule has 1 aromatic carbocycles. The highest BCUT2D eigenvalue weighted by molar-refractivity contribution is 5.32. The summed E-state index contributed by atoms with van der Waals surface area (Å²) in [6.45, 7) is 7.04. The Kier molecular flexibility index (Phi) is 3.46. The van der Waals surface area contributed by atoms with Gasteiger partial charge in [0, 0.05) is 18.0 Å². The van der Waals surface area contributed by atoms with E-state index >= 15 is 0 Å². The van der Waals surface area contributed by atoms with E-state index in [2.05, 4.69) is 25.2 Å². The molecule has 1 aliphatic heterocycles. The molecule has 0 bridgehead atoms. The summed E-state index contributed by atoms with van der Waals surface area (Å²) in [5, 5.41) is 12.3. The molecule has 2 rings (SSSR count). The van der Waals surface area contributed by atoms with Gasteiger partial charge in [-0.05, 0) is 24.6 Å². The molecular weight excluding hydrogens is 212 g/mol. The van der Waals surface area contributed by atoms with Crippen molar-refractivity contribution in [2.45, 2.75) is 19.9 Å². The quantitative estimate of drug-likeness (QED) is 0.862. The zero-order chi connectivity index (χ0) is 12.3. The first kappa shape index (κ1) is 12.1. The third-order valence-corrected chi connectivity index (χ3v) is 3.28. The van der Waals surface area contributed by atoms with E-state index in [1.54, 1.807) is 0 Å². The van der Waals surface area contributed by atoms with Crippen LogP contribution in [0.3, 0.4) is 0 Å². The summed E-state index contributed by atoms with van der Waals surface area (Å²) < 4.78 is 5.23. The van der Waals surface area contributed by atoms with Crippen molar-refractivity contribution in [1.82, 2.24) is 5.32 Å². The van der Waals surface area contributed by atoms with Gasteiger partial charge in [-0.25, -0.2) is 0 Å². The molecule has 0 radical (unpaired) electrons. The molecule has 1 fully saturated rings. The zero-order valence-electron chi connectivity index (χ0n) is 10.4. The van der Waals surface area contributed by atoms with Gasteiger partial charge >= 0.3 is 0 Å². The molecular formula is C14H18N2O. The second-order valence-corrected chi connectivity index (χ2v) is 5.14. The van der Waals surface area contributed by atoms with Crippen LogP contribution in [0.15, 0.2) is 24.3 Å². The summed E-state index contributed by atoms with van der Waals surface area (Å²) >= 11 is 0. The van der Waals surface area contributed by atoms with E-state index in [1.807, 2.05) is 24.3 Å². The van der Waals surface area contributed by atoms with Crippen LogP contribution in [0.5, 0.6) is 0 Å². The maximum atomic E-state index is 8.74. The molecule has 1 unspecified atom stereocenters. The molecule has 1 saturated heterocycles. The maximum Gasteiger partial charge on any atom is 0.0991 e. The summed E-state index contributed by atoms with van der Waals surface area (Å²) in [5.41, 5.74) is 2.22. The zero-order valence-corrected chi connectivity index (χ0v) is 10.4. The van der Waals surface area contributed by atoms with E-state index in [0.717, 1.165) is 19.8 Å². The number of ether oxygens (including phenoxy) is 1. The van der Waals surface area contributed by atoms with Crippen molar-refractivity contribution in [3.05, 3.63) is 35.4 Å². The van der Waals surface area contributed by atoms with Crippen molar-refractivity contribution in [2.75, 3.05) is 19.8 Å². The van der Waals surface area contributed by atoms with Crippen LogP contribution in [0.1, 0.15) is 31.0 Å². The van der Waals surface area contributed by atoms with Gasteiger partial charge in [-0.2, -0.15) is 5.26 Å². The van der Waals surface area contributed by atoms with Gasteiger partial charge in [-0.1, -0.05) is 19.1 Å². The molecule has 1 N–H and O–H groups in total. The highest BCUT2D eigenvalue weighted by Gasteiger charge is 2.33. The number of benzene rings is 1. The van der Waals surface area contributed by atoms with E-state index < -0.39 is 0 Å². The molecule has 1 aromatic rings. The fourth-order valence-electron chi connectivity index (χ4n) is 1.92. The molecule has 0 aromatic heterocycles. The summed E-state index contributed by atoms with van der Waals surface area (Å²) in [7, 11) is 0. The molecule has 0 aliphatic carbocycles. The summed E-state index contributed by atoms with van der Waals surface area (Å²) in [5.74, 6) is 0. The lowest BCUT2D eigenvalue weighted by Gasteiger charge is -2.39. The second-order valence-electron chi connectivity index (χ2n) is 5.14. The lowest BCUT2D eigenvalue weighted by atomic mass is 9.88. The minimum absolute atomic E-state index is 0.293. The first-order valence-corrected chi connectivity index (χ1v) is 5.94. The lowest BCUT2D eigenvalue weighted by Crippen LogP contribution is -2.47. The van der Waals surface area contributed by atoms with Gasteiger partial charge in [-0.15, -0.1) is 0 Å². The highest BCUT2D eigenvalue weighted by Crippen LogP contribution is 2.26. The molecule has 0 saturated carbocycles. The number of hydrogen-bond acceptors (Lipinski definition) is 3. The summed E-state index contributed by atoms with van der Waals surface area (Å²) in [4.78, 5) is 0. The summed E-state index contributed by atoms with van der Waals surface area (Å²) in [6, 6.07) is 10.2. The molecule has 1 heterocycles. The molecule has 3 heteroatoms. The maximum absolute atomic E-state index is 8.74. The number of nitrogens with zero attached hydrogens (tertiary/aromatic N) is 1. The van der Waals surface area contributed by atoms with E-state index in [-0.39, 0.29) is 0 Å². The van der Waals surface area contributed by atoms with Crippen molar-refractivity contribution in [2.24, 2.45) is 5.41 Å². The molecule has 1 atom stereocenters. The normalized spacial score (nSPS) is 19.1. The van der Waals surface area contributed by atoms with Crippen LogP contribution in [0, 0.1) is 16.7 Å². The molecule has 17 heavy (non-hydrogen) atoms. The average Bonchev–Trinajstić information content (AvgIpc) is 2.33. The first-order chi connectivity index (χ1) is 8.13. The molecule has 0 spiro atoms. The van der Waals surface area contributed by atoms with Gasteiger partial charge in [0.15, 0.2) is 0 Å². The second kappa shape index (κ2) is 4.87. The van der Waals surface area contributed by atoms with Crippen LogP contribution in [0.4, 0.5) is 0 Å². The van der Waals surface area contributed by atoms with Crippen LogP contribution in [-0.2, 0) is 4.74 Å². The number of rotatable bonds is 4. The Morgan fingerprint density at radius 1 is 1.41 bits per heavy atom. The minimum atomic E-state index is 0.293. The largest absolute Gasteiger partial charge is 0.380 e. The third-order valence-electron chi connectivity index (χ3n) is 3.28. The first-order valence-electron chi connectivity index (χ1n) is 5.94. The van der Waals surface area contributed by atoms with Gasteiger partial charge in [0.05, 0.1) is 24.8 Å². The van der Waals surface area contributed by atoms with Crippen molar-refractivity contribution in [3.63, 3.8) is 0 Å².